The maximum Gasteiger partial charge on any atom is 0.224 e. The summed E-state index contributed by atoms with van der Waals surface area (Å²) in [5.41, 5.74) is 2.36. The standard InChI is InChI=1S/C26H26N4O3S/c1-18(2)15-24(32)27-21-12-10-20(11-13-21)22(31)17-34-26-29-28-25(23-9-6-14-33-23)30(26)16-19-7-4-3-5-8-19/h3-14,18H,15-17H2,1-2H3,(H,27,32). The number of thioether (sulfide) groups is 1. The summed E-state index contributed by atoms with van der Waals surface area (Å²) in [6, 6.07) is 20.6. The molecule has 7 nitrogen and oxygen atoms in total. The lowest BCUT2D eigenvalue weighted by Gasteiger charge is -2.10. The van der Waals surface area contributed by atoms with E-state index in [9.17, 15) is 9.59 Å². The number of rotatable bonds is 10. The van der Waals surface area contributed by atoms with Crippen LogP contribution in [0.2, 0.25) is 0 Å². The van der Waals surface area contributed by atoms with Crippen LogP contribution in [-0.4, -0.2) is 32.2 Å². The molecule has 1 amide bonds. The van der Waals surface area contributed by atoms with Crippen molar-refractivity contribution < 1.29 is 14.0 Å². The second-order valence-corrected chi connectivity index (χ2v) is 9.23. The molecule has 0 fully saturated rings. The first-order chi connectivity index (χ1) is 16.5. The fourth-order valence-electron chi connectivity index (χ4n) is 3.43. The first-order valence-corrected chi connectivity index (χ1v) is 12.0. The van der Waals surface area contributed by atoms with E-state index in [-0.39, 0.29) is 23.4 Å². The van der Waals surface area contributed by atoms with Gasteiger partial charge in [-0.2, -0.15) is 0 Å². The molecule has 0 aliphatic heterocycles. The Hall–Kier alpha value is -3.65. The fraction of sp³-hybridized carbons (Fsp3) is 0.231. The van der Waals surface area contributed by atoms with Gasteiger partial charge in [0.25, 0.3) is 0 Å². The molecule has 2 aromatic heterocycles. The largest absolute Gasteiger partial charge is 0.461 e. The molecule has 34 heavy (non-hydrogen) atoms. The average molecular weight is 475 g/mol. The minimum Gasteiger partial charge on any atom is -0.461 e. The molecule has 0 spiro atoms. The highest BCUT2D eigenvalue weighted by Crippen LogP contribution is 2.26. The third-order valence-electron chi connectivity index (χ3n) is 5.06. The Kier molecular flexibility index (Phi) is 7.59. The van der Waals surface area contributed by atoms with E-state index in [0.717, 1.165) is 5.56 Å². The van der Waals surface area contributed by atoms with Crippen LogP contribution in [0.3, 0.4) is 0 Å². The summed E-state index contributed by atoms with van der Waals surface area (Å²) >= 11 is 1.34. The van der Waals surface area contributed by atoms with E-state index in [1.165, 1.54) is 11.8 Å². The second kappa shape index (κ2) is 11.0. The zero-order valence-corrected chi connectivity index (χ0v) is 19.9. The number of ketones is 1. The van der Waals surface area contributed by atoms with Crippen molar-refractivity contribution in [2.45, 2.75) is 32.0 Å². The summed E-state index contributed by atoms with van der Waals surface area (Å²) in [5.74, 6) is 1.68. The summed E-state index contributed by atoms with van der Waals surface area (Å²) in [6.45, 7) is 4.56. The molecule has 2 heterocycles. The Morgan fingerprint density at radius 3 is 2.44 bits per heavy atom. The number of carbonyl (C=O) groups is 2. The van der Waals surface area contributed by atoms with Crippen molar-refractivity contribution >= 4 is 29.1 Å². The van der Waals surface area contributed by atoms with Gasteiger partial charge in [-0.15, -0.1) is 10.2 Å². The van der Waals surface area contributed by atoms with Gasteiger partial charge in [-0.05, 0) is 47.9 Å². The number of carbonyl (C=O) groups excluding carboxylic acids is 2. The lowest BCUT2D eigenvalue weighted by Crippen LogP contribution is -2.14. The lowest BCUT2D eigenvalue weighted by atomic mass is 10.1. The molecule has 0 atom stereocenters. The molecular weight excluding hydrogens is 448 g/mol. The van der Waals surface area contributed by atoms with E-state index in [1.807, 2.05) is 60.9 Å². The summed E-state index contributed by atoms with van der Waals surface area (Å²) < 4.78 is 7.49. The number of nitrogens with one attached hydrogen (secondary N) is 1. The van der Waals surface area contributed by atoms with Crippen LogP contribution < -0.4 is 5.32 Å². The van der Waals surface area contributed by atoms with Gasteiger partial charge in [0.1, 0.15) is 0 Å². The molecule has 4 rings (SSSR count). The van der Waals surface area contributed by atoms with E-state index in [4.69, 9.17) is 4.42 Å². The van der Waals surface area contributed by atoms with Crippen LogP contribution >= 0.6 is 11.8 Å². The van der Waals surface area contributed by atoms with Gasteiger partial charge in [0.15, 0.2) is 16.7 Å². The van der Waals surface area contributed by atoms with Crippen molar-refractivity contribution in [3.05, 3.63) is 84.1 Å². The maximum atomic E-state index is 12.8. The second-order valence-electron chi connectivity index (χ2n) is 8.29. The highest BCUT2D eigenvalue weighted by Gasteiger charge is 2.18. The summed E-state index contributed by atoms with van der Waals surface area (Å²) in [5, 5.41) is 12.1. The number of nitrogens with zero attached hydrogens (tertiary/aromatic N) is 3. The normalized spacial score (nSPS) is 11.0. The van der Waals surface area contributed by atoms with Crippen molar-refractivity contribution in [1.29, 1.82) is 0 Å². The van der Waals surface area contributed by atoms with Crippen molar-refractivity contribution in [3.63, 3.8) is 0 Å². The van der Waals surface area contributed by atoms with Crippen LogP contribution in [0.15, 0.2) is 82.6 Å². The van der Waals surface area contributed by atoms with Gasteiger partial charge in [-0.3, -0.25) is 14.2 Å². The van der Waals surface area contributed by atoms with Crippen molar-refractivity contribution in [2.75, 3.05) is 11.1 Å². The van der Waals surface area contributed by atoms with Gasteiger partial charge in [-0.1, -0.05) is 55.9 Å². The van der Waals surface area contributed by atoms with Crippen LogP contribution in [0.5, 0.6) is 0 Å². The van der Waals surface area contributed by atoms with Crippen LogP contribution in [0.1, 0.15) is 36.2 Å². The molecule has 174 valence electrons. The molecule has 0 aliphatic rings. The Balaban J connectivity index is 1.45. The van der Waals surface area contributed by atoms with Crippen LogP contribution in [0, 0.1) is 5.92 Å². The summed E-state index contributed by atoms with van der Waals surface area (Å²) in [7, 11) is 0. The molecule has 0 bridgehead atoms. The van der Waals surface area contributed by atoms with Crippen molar-refractivity contribution in [3.8, 4) is 11.6 Å². The first-order valence-electron chi connectivity index (χ1n) is 11.1. The zero-order valence-electron chi connectivity index (χ0n) is 19.1. The lowest BCUT2D eigenvalue weighted by molar-refractivity contribution is -0.116. The minimum atomic E-state index is -0.0326. The topological polar surface area (TPSA) is 90.0 Å². The molecule has 0 saturated carbocycles. The Labute approximate surface area is 202 Å². The molecule has 8 heteroatoms. The van der Waals surface area contributed by atoms with E-state index in [2.05, 4.69) is 15.5 Å². The Bertz CT molecular complexity index is 1230. The predicted octanol–water partition coefficient (Wildman–Crippen LogP) is 5.55. The van der Waals surface area contributed by atoms with Gasteiger partial charge < -0.3 is 9.73 Å². The minimum absolute atomic E-state index is 0.0288. The average Bonchev–Trinajstić information content (AvgIpc) is 3.48. The summed E-state index contributed by atoms with van der Waals surface area (Å²) in [6.07, 6.45) is 2.06. The van der Waals surface area contributed by atoms with Gasteiger partial charge >= 0.3 is 0 Å². The number of hydrogen-bond donors (Lipinski definition) is 1. The van der Waals surface area contributed by atoms with Crippen molar-refractivity contribution in [2.24, 2.45) is 5.92 Å². The van der Waals surface area contributed by atoms with Crippen molar-refractivity contribution in [1.82, 2.24) is 14.8 Å². The number of amides is 1. The Morgan fingerprint density at radius 2 is 1.76 bits per heavy atom. The maximum absolute atomic E-state index is 12.8. The van der Waals surface area contributed by atoms with E-state index in [1.54, 1.807) is 30.5 Å². The molecule has 0 saturated heterocycles. The molecule has 1 N–H and O–H groups in total. The molecular formula is C26H26N4O3S. The number of aromatic nitrogens is 3. The quantitative estimate of drug-likeness (QED) is 0.240. The monoisotopic (exact) mass is 474 g/mol. The molecule has 0 unspecified atom stereocenters. The zero-order chi connectivity index (χ0) is 23.9. The fourth-order valence-corrected chi connectivity index (χ4v) is 4.26. The number of benzene rings is 2. The van der Waals surface area contributed by atoms with E-state index in [0.29, 0.717) is 41.0 Å². The number of anilines is 1. The number of Topliss-reactive ketones (excluding diaryl/α,β-unsaturated/α-hetero) is 1. The third-order valence-corrected chi connectivity index (χ3v) is 6.03. The molecule has 0 aliphatic carbocycles. The smallest absolute Gasteiger partial charge is 0.224 e. The van der Waals surface area contributed by atoms with Gasteiger partial charge in [-0.25, -0.2) is 0 Å². The molecule has 2 aromatic carbocycles. The number of furan rings is 1. The highest BCUT2D eigenvalue weighted by atomic mass is 32.2. The van der Waals surface area contributed by atoms with E-state index >= 15 is 0 Å². The van der Waals surface area contributed by atoms with Gasteiger partial charge in [0.05, 0.1) is 18.6 Å². The predicted molar refractivity (Wildman–Crippen MR) is 133 cm³/mol. The van der Waals surface area contributed by atoms with Gasteiger partial charge in [0.2, 0.25) is 11.7 Å². The third kappa shape index (κ3) is 6.02. The summed E-state index contributed by atoms with van der Waals surface area (Å²) in [4.78, 5) is 24.8. The van der Waals surface area contributed by atoms with Gasteiger partial charge in [0, 0.05) is 17.7 Å². The molecule has 4 aromatic rings. The van der Waals surface area contributed by atoms with E-state index < -0.39 is 0 Å². The SMILES string of the molecule is CC(C)CC(=O)Nc1ccc(C(=O)CSc2nnc(-c3ccco3)n2Cc2ccccc2)cc1. The first kappa shape index (κ1) is 23.5. The van der Waals surface area contributed by atoms with Crippen LogP contribution in [0.4, 0.5) is 5.69 Å². The van der Waals surface area contributed by atoms with Crippen LogP contribution in [-0.2, 0) is 11.3 Å². The number of hydrogen-bond acceptors (Lipinski definition) is 6. The highest BCUT2D eigenvalue weighted by molar-refractivity contribution is 7.99. The molecule has 0 radical (unpaired) electrons. The Morgan fingerprint density at radius 1 is 1.00 bits per heavy atom. The van der Waals surface area contributed by atoms with Crippen LogP contribution in [0.25, 0.3) is 11.6 Å².